The first-order valence-electron chi connectivity index (χ1n) is 7.14. The van der Waals surface area contributed by atoms with Crippen molar-refractivity contribution in [2.24, 2.45) is 5.92 Å². The number of anilines is 1. The van der Waals surface area contributed by atoms with Gasteiger partial charge in [-0.25, -0.2) is 4.79 Å². The Bertz CT molecular complexity index is 491. The number of aliphatic hydroxyl groups is 1. The van der Waals surface area contributed by atoms with Crippen LogP contribution in [0.5, 0.6) is 0 Å². The molecular weight excluding hydrogens is 350 g/mol. The molecule has 1 unspecified atom stereocenters. The molecule has 1 atom stereocenters. The van der Waals surface area contributed by atoms with Crippen molar-refractivity contribution in [3.63, 3.8) is 0 Å². The van der Waals surface area contributed by atoms with Crippen molar-refractivity contribution in [3.05, 3.63) is 28.7 Å². The van der Waals surface area contributed by atoms with Gasteiger partial charge in [0.25, 0.3) is 0 Å². The van der Waals surface area contributed by atoms with Crippen molar-refractivity contribution in [3.8, 4) is 0 Å². The van der Waals surface area contributed by atoms with Gasteiger partial charge >= 0.3 is 6.03 Å². The van der Waals surface area contributed by atoms with E-state index in [1.165, 1.54) is 0 Å². The third kappa shape index (κ3) is 6.91. The Morgan fingerprint density at radius 2 is 1.86 bits per heavy atom. The molecule has 0 aliphatic rings. The second-order valence-electron chi connectivity index (χ2n) is 5.30. The van der Waals surface area contributed by atoms with E-state index in [1.54, 1.807) is 12.1 Å². The largest absolute Gasteiger partial charge is 0.395 e. The normalized spacial score (nSPS) is 11.9. The second kappa shape index (κ2) is 9.42. The molecule has 122 valence electrons. The molecule has 0 radical (unpaired) electrons. The number of nitrogens with one attached hydrogen (secondary N) is 3. The monoisotopic (exact) mass is 371 g/mol. The number of rotatable bonds is 7. The molecule has 3 amide bonds. The molecule has 1 aromatic rings. The van der Waals surface area contributed by atoms with Crippen molar-refractivity contribution in [1.82, 2.24) is 10.6 Å². The Kier molecular flexibility index (Phi) is 7.90. The van der Waals surface area contributed by atoms with Crippen molar-refractivity contribution in [2.45, 2.75) is 26.3 Å². The fraction of sp³-hybridized carbons (Fsp3) is 0.467. The lowest BCUT2D eigenvalue weighted by Crippen LogP contribution is -2.49. The van der Waals surface area contributed by atoms with Crippen LogP contribution in [0, 0.1) is 5.92 Å². The van der Waals surface area contributed by atoms with Crippen molar-refractivity contribution in [2.75, 3.05) is 18.5 Å². The fourth-order valence-corrected chi connectivity index (χ4v) is 2.13. The highest BCUT2D eigenvalue weighted by atomic mass is 79.9. The Labute approximate surface area is 138 Å². The molecule has 1 aromatic carbocycles. The molecule has 0 aromatic heterocycles. The number of amides is 3. The second-order valence-corrected chi connectivity index (χ2v) is 6.22. The molecule has 22 heavy (non-hydrogen) atoms. The summed E-state index contributed by atoms with van der Waals surface area (Å²) in [5.74, 6) is -0.0495. The Morgan fingerprint density at radius 1 is 1.23 bits per heavy atom. The van der Waals surface area contributed by atoms with Crippen LogP contribution in [0.1, 0.15) is 20.3 Å². The Hall–Kier alpha value is -1.60. The standard InChI is InChI=1S/C15H22BrN3O3/c1-10(2)9-13(14(21)17-7-8-20)19-15(22)18-12-5-3-11(16)4-6-12/h3-6,10,13,20H,7-9H2,1-2H3,(H,17,21)(H2,18,19,22). The van der Waals surface area contributed by atoms with Crippen LogP contribution in [-0.2, 0) is 4.79 Å². The van der Waals surface area contributed by atoms with Gasteiger partial charge in [0.2, 0.25) is 5.91 Å². The maximum absolute atomic E-state index is 12.0. The molecule has 0 saturated carbocycles. The van der Waals surface area contributed by atoms with Gasteiger partial charge in [-0.1, -0.05) is 29.8 Å². The van der Waals surface area contributed by atoms with Gasteiger partial charge < -0.3 is 21.1 Å². The molecule has 0 spiro atoms. The number of aliphatic hydroxyl groups excluding tert-OH is 1. The molecule has 6 nitrogen and oxygen atoms in total. The summed E-state index contributed by atoms with van der Waals surface area (Å²) in [7, 11) is 0. The highest BCUT2D eigenvalue weighted by Crippen LogP contribution is 2.14. The Balaban J connectivity index is 2.61. The molecule has 0 aliphatic heterocycles. The van der Waals surface area contributed by atoms with Crippen LogP contribution < -0.4 is 16.0 Å². The third-order valence-electron chi connectivity index (χ3n) is 2.84. The van der Waals surface area contributed by atoms with E-state index in [-0.39, 0.29) is 25.0 Å². The van der Waals surface area contributed by atoms with Crippen LogP contribution in [0.25, 0.3) is 0 Å². The average Bonchev–Trinajstić information content (AvgIpc) is 2.46. The summed E-state index contributed by atoms with van der Waals surface area (Å²) in [4.78, 5) is 24.0. The van der Waals surface area contributed by atoms with Crippen LogP contribution >= 0.6 is 15.9 Å². The van der Waals surface area contributed by atoms with Crippen LogP contribution in [-0.4, -0.2) is 36.2 Å². The summed E-state index contributed by atoms with van der Waals surface area (Å²) in [5.41, 5.74) is 0.639. The highest BCUT2D eigenvalue weighted by Gasteiger charge is 2.21. The Morgan fingerprint density at radius 3 is 2.41 bits per heavy atom. The van der Waals surface area contributed by atoms with Crippen molar-refractivity contribution < 1.29 is 14.7 Å². The maximum atomic E-state index is 12.0. The number of halogens is 1. The van der Waals surface area contributed by atoms with E-state index >= 15 is 0 Å². The number of benzene rings is 1. The summed E-state index contributed by atoms with van der Waals surface area (Å²) in [5, 5.41) is 16.7. The van der Waals surface area contributed by atoms with E-state index in [4.69, 9.17) is 5.11 Å². The summed E-state index contributed by atoms with van der Waals surface area (Å²) < 4.78 is 0.916. The molecule has 4 N–H and O–H groups in total. The van der Waals surface area contributed by atoms with Crippen LogP contribution in [0.4, 0.5) is 10.5 Å². The molecular formula is C15H22BrN3O3. The van der Waals surface area contributed by atoms with Gasteiger partial charge in [0.15, 0.2) is 0 Å². The minimum atomic E-state index is -0.637. The van der Waals surface area contributed by atoms with Crippen molar-refractivity contribution >= 4 is 33.6 Å². The molecule has 0 bridgehead atoms. The zero-order valence-corrected chi connectivity index (χ0v) is 14.3. The van der Waals surface area contributed by atoms with Crippen LogP contribution in [0.15, 0.2) is 28.7 Å². The van der Waals surface area contributed by atoms with E-state index in [0.29, 0.717) is 12.1 Å². The molecule has 0 heterocycles. The zero-order chi connectivity index (χ0) is 16.5. The summed E-state index contributed by atoms with van der Waals surface area (Å²) in [6.45, 7) is 3.98. The lowest BCUT2D eigenvalue weighted by molar-refractivity contribution is -0.123. The third-order valence-corrected chi connectivity index (χ3v) is 3.37. The summed E-state index contributed by atoms with van der Waals surface area (Å²) >= 11 is 3.32. The first kappa shape index (κ1) is 18.4. The van der Waals surface area contributed by atoms with E-state index in [2.05, 4.69) is 31.9 Å². The predicted octanol–water partition coefficient (Wildman–Crippen LogP) is 2.09. The lowest BCUT2D eigenvalue weighted by atomic mass is 10.0. The highest BCUT2D eigenvalue weighted by molar-refractivity contribution is 9.10. The maximum Gasteiger partial charge on any atom is 0.319 e. The van der Waals surface area contributed by atoms with E-state index in [9.17, 15) is 9.59 Å². The molecule has 1 rings (SSSR count). The smallest absolute Gasteiger partial charge is 0.319 e. The number of carbonyl (C=O) groups is 2. The van der Waals surface area contributed by atoms with Gasteiger partial charge in [-0.15, -0.1) is 0 Å². The number of hydrogen-bond donors (Lipinski definition) is 4. The van der Waals surface area contributed by atoms with Gasteiger partial charge in [-0.3, -0.25) is 4.79 Å². The SMILES string of the molecule is CC(C)CC(NC(=O)Nc1ccc(Br)cc1)C(=O)NCCO. The van der Waals surface area contributed by atoms with E-state index in [1.807, 2.05) is 26.0 Å². The topological polar surface area (TPSA) is 90.5 Å². The number of carbonyl (C=O) groups excluding carboxylic acids is 2. The number of urea groups is 1. The molecule has 0 fully saturated rings. The van der Waals surface area contributed by atoms with Crippen LogP contribution in [0.3, 0.4) is 0 Å². The van der Waals surface area contributed by atoms with Gasteiger partial charge in [0.05, 0.1) is 6.61 Å². The van der Waals surface area contributed by atoms with Gasteiger partial charge in [0.1, 0.15) is 6.04 Å². The quantitative estimate of drug-likeness (QED) is 0.591. The lowest BCUT2D eigenvalue weighted by Gasteiger charge is -2.20. The van der Waals surface area contributed by atoms with Gasteiger partial charge in [-0.05, 0) is 36.6 Å². The molecule has 7 heteroatoms. The minimum absolute atomic E-state index is 0.134. The number of hydrogen-bond acceptors (Lipinski definition) is 3. The van der Waals surface area contributed by atoms with Gasteiger partial charge in [0, 0.05) is 16.7 Å². The summed E-state index contributed by atoms with van der Waals surface area (Å²) in [6, 6.07) is 6.07. The fourth-order valence-electron chi connectivity index (χ4n) is 1.86. The average molecular weight is 372 g/mol. The first-order valence-corrected chi connectivity index (χ1v) is 7.93. The minimum Gasteiger partial charge on any atom is -0.395 e. The van der Waals surface area contributed by atoms with E-state index < -0.39 is 12.1 Å². The van der Waals surface area contributed by atoms with Crippen molar-refractivity contribution in [1.29, 1.82) is 0 Å². The zero-order valence-electron chi connectivity index (χ0n) is 12.7. The molecule has 0 aliphatic carbocycles. The summed E-state index contributed by atoms with van der Waals surface area (Å²) in [6.07, 6.45) is 0.519. The molecule has 0 saturated heterocycles. The van der Waals surface area contributed by atoms with E-state index in [0.717, 1.165) is 4.47 Å². The first-order chi connectivity index (χ1) is 10.4. The van der Waals surface area contributed by atoms with Gasteiger partial charge in [-0.2, -0.15) is 0 Å². The van der Waals surface area contributed by atoms with Crippen LogP contribution in [0.2, 0.25) is 0 Å². The predicted molar refractivity (Wildman–Crippen MR) is 89.6 cm³/mol.